The molecular formula is C18H25ClN3O-. The first-order valence-electron chi connectivity index (χ1n) is 8.19. The highest BCUT2D eigenvalue weighted by Crippen LogP contribution is 2.35. The zero-order chi connectivity index (χ0) is 15.9. The molecule has 5 heteroatoms. The average Bonchev–Trinajstić information content (AvgIpc) is 2.77. The highest BCUT2D eigenvalue weighted by Gasteiger charge is 2.28. The van der Waals surface area contributed by atoms with Crippen LogP contribution in [-0.2, 0) is 11.3 Å². The molecule has 2 aromatic rings. The lowest BCUT2D eigenvalue weighted by molar-refractivity contribution is -0.119. The van der Waals surface area contributed by atoms with E-state index in [1.165, 1.54) is 22.2 Å². The van der Waals surface area contributed by atoms with E-state index in [0.717, 1.165) is 31.9 Å². The van der Waals surface area contributed by atoms with E-state index in [0.29, 0.717) is 6.54 Å². The van der Waals surface area contributed by atoms with Gasteiger partial charge in [0, 0.05) is 24.2 Å². The number of aromatic nitrogens is 1. The van der Waals surface area contributed by atoms with Crippen molar-refractivity contribution in [1.29, 1.82) is 0 Å². The molecule has 23 heavy (non-hydrogen) atoms. The molecule has 0 spiro atoms. The van der Waals surface area contributed by atoms with Crippen LogP contribution in [0.1, 0.15) is 25.1 Å². The van der Waals surface area contributed by atoms with Crippen LogP contribution in [0.2, 0.25) is 0 Å². The second-order valence-corrected chi connectivity index (χ2v) is 6.04. The van der Waals surface area contributed by atoms with Gasteiger partial charge in [0.05, 0.1) is 11.2 Å². The maximum absolute atomic E-state index is 12.6. The number of carbonyl (C=O) groups is 1. The Kier molecular flexibility index (Phi) is 5.37. The van der Waals surface area contributed by atoms with Crippen LogP contribution in [0.3, 0.4) is 0 Å². The first-order valence-corrected chi connectivity index (χ1v) is 8.19. The lowest BCUT2D eigenvalue weighted by atomic mass is 10.1. The highest BCUT2D eigenvalue weighted by molar-refractivity contribution is 6.07. The molecule has 0 saturated heterocycles. The number of anilines is 1. The Hall–Kier alpha value is -1.52. The molecule has 0 atom stereocenters. The minimum atomic E-state index is 0. The Morgan fingerprint density at radius 3 is 2.52 bits per heavy atom. The number of likely N-dealkylation sites (N-methyl/N-ethyl adjacent to an activating group) is 1. The number of carbonyl (C=O) groups excluding carboxylic acids is 1. The third-order valence-electron chi connectivity index (χ3n) is 5.06. The van der Waals surface area contributed by atoms with Crippen molar-refractivity contribution in [3.63, 3.8) is 0 Å². The van der Waals surface area contributed by atoms with E-state index < -0.39 is 0 Å². The Morgan fingerprint density at radius 2 is 1.87 bits per heavy atom. The third kappa shape index (κ3) is 2.86. The minimum absolute atomic E-state index is 0. The van der Waals surface area contributed by atoms with Crippen LogP contribution in [0.15, 0.2) is 18.2 Å². The van der Waals surface area contributed by atoms with Crippen molar-refractivity contribution in [1.82, 2.24) is 9.47 Å². The molecule has 1 aliphatic rings. The van der Waals surface area contributed by atoms with Gasteiger partial charge in [-0.15, -0.1) is 0 Å². The summed E-state index contributed by atoms with van der Waals surface area (Å²) in [5.41, 5.74) is 4.78. The van der Waals surface area contributed by atoms with E-state index in [-0.39, 0.29) is 18.3 Å². The van der Waals surface area contributed by atoms with Crippen LogP contribution < -0.4 is 17.3 Å². The molecular weight excluding hydrogens is 310 g/mol. The number of hydrogen-bond acceptors (Lipinski definition) is 2. The lowest BCUT2D eigenvalue weighted by Gasteiger charge is -2.31. The molecule has 0 radical (unpaired) electrons. The van der Waals surface area contributed by atoms with Crippen LogP contribution in [0.25, 0.3) is 10.9 Å². The third-order valence-corrected chi connectivity index (χ3v) is 5.06. The molecule has 2 heterocycles. The van der Waals surface area contributed by atoms with Gasteiger partial charge in [-0.1, -0.05) is 26.0 Å². The number of para-hydroxylation sites is 1. The highest BCUT2D eigenvalue weighted by atomic mass is 35.5. The number of rotatable bonds is 5. The summed E-state index contributed by atoms with van der Waals surface area (Å²) in [7, 11) is 0. The molecule has 4 nitrogen and oxygen atoms in total. The summed E-state index contributed by atoms with van der Waals surface area (Å²) in [6, 6.07) is 6.31. The SMILES string of the molecule is CCN(CC)CCN1C(=O)Cn2c(C)c(C)c3cccc1c32.[Cl-]. The summed E-state index contributed by atoms with van der Waals surface area (Å²) < 4.78 is 2.18. The fourth-order valence-corrected chi connectivity index (χ4v) is 3.48. The van der Waals surface area contributed by atoms with Crippen LogP contribution in [-0.4, -0.2) is 41.6 Å². The van der Waals surface area contributed by atoms with Gasteiger partial charge in [0.1, 0.15) is 6.54 Å². The quantitative estimate of drug-likeness (QED) is 0.767. The Labute approximate surface area is 144 Å². The molecule has 0 N–H and O–H groups in total. The monoisotopic (exact) mass is 334 g/mol. The number of halogens is 1. The van der Waals surface area contributed by atoms with Gasteiger partial charge in [-0.05, 0) is 38.6 Å². The summed E-state index contributed by atoms with van der Waals surface area (Å²) in [5.74, 6) is 0.200. The van der Waals surface area contributed by atoms with Crippen molar-refractivity contribution in [3.05, 3.63) is 29.5 Å². The zero-order valence-corrected chi connectivity index (χ0v) is 15.2. The molecule has 0 fully saturated rings. The smallest absolute Gasteiger partial charge is 0.247 e. The van der Waals surface area contributed by atoms with Gasteiger partial charge in [-0.3, -0.25) is 4.79 Å². The van der Waals surface area contributed by atoms with Crippen molar-refractivity contribution in [3.8, 4) is 0 Å². The first-order chi connectivity index (χ1) is 10.6. The first kappa shape index (κ1) is 17.8. The van der Waals surface area contributed by atoms with Gasteiger partial charge in [0.15, 0.2) is 0 Å². The van der Waals surface area contributed by atoms with Gasteiger partial charge in [0.2, 0.25) is 5.91 Å². The zero-order valence-electron chi connectivity index (χ0n) is 14.4. The second kappa shape index (κ2) is 6.93. The molecule has 0 bridgehead atoms. The normalized spacial score (nSPS) is 13.8. The predicted octanol–water partition coefficient (Wildman–Crippen LogP) is -0.0495. The van der Waals surface area contributed by atoms with Crippen molar-refractivity contribution in [2.45, 2.75) is 34.2 Å². The van der Waals surface area contributed by atoms with Crippen LogP contribution in [0.5, 0.6) is 0 Å². The number of nitrogens with zero attached hydrogens (tertiary/aromatic N) is 3. The maximum Gasteiger partial charge on any atom is 0.247 e. The van der Waals surface area contributed by atoms with Crippen molar-refractivity contribution >= 4 is 22.5 Å². The van der Waals surface area contributed by atoms with Gasteiger partial charge < -0.3 is 26.8 Å². The van der Waals surface area contributed by atoms with Crippen molar-refractivity contribution < 1.29 is 17.2 Å². The molecule has 3 rings (SSSR count). The summed E-state index contributed by atoms with van der Waals surface area (Å²) in [6.45, 7) is 12.8. The molecule has 1 aromatic heterocycles. The maximum atomic E-state index is 12.6. The number of amides is 1. The van der Waals surface area contributed by atoms with Gasteiger partial charge in [-0.2, -0.15) is 0 Å². The molecule has 1 aliphatic heterocycles. The topological polar surface area (TPSA) is 28.5 Å². The van der Waals surface area contributed by atoms with E-state index in [1.54, 1.807) is 0 Å². The van der Waals surface area contributed by atoms with Crippen LogP contribution in [0, 0.1) is 13.8 Å². The fourth-order valence-electron chi connectivity index (χ4n) is 3.48. The summed E-state index contributed by atoms with van der Waals surface area (Å²) in [4.78, 5) is 17.0. The molecule has 0 unspecified atom stereocenters. The van der Waals surface area contributed by atoms with E-state index in [4.69, 9.17) is 0 Å². The van der Waals surface area contributed by atoms with Gasteiger partial charge >= 0.3 is 0 Å². The number of aryl methyl sites for hydroxylation is 1. The average molecular weight is 335 g/mol. The number of hydrogen-bond donors (Lipinski definition) is 0. The molecule has 126 valence electrons. The number of benzene rings is 1. The lowest BCUT2D eigenvalue weighted by Crippen LogP contribution is -3.00. The Balaban J connectivity index is 0.00000192. The van der Waals surface area contributed by atoms with Crippen molar-refractivity contribution in [2.24, 2.45) is 0 Å². The second-order valence-electron chi connectivity index (χ2n) is 6.04. The van der Waals surface area contributed by atoms with Crippen LogP contribution in [0.4, 0.5) is 5.69 Å². The summed E-state index contributed by atoms with van der Waals surface area (Å²) in [5, 5.41) is 1.27. The minimum Gasteiger partial charge on any atom is -1.00 e. The van der Waals surface area contributed by atoms with E-state index in [2.05, 4.69) is 55.4 Å². The Morgan fingerprint density at radius 1 is 1.17 bits per heavy atom. The fraction of sp³-hybridized carbons (Fsp3) is 0.500. The van der Waals surface area contributed by atoms with Crippen molar-refractivity contribution in [2.75, 3.05) is 31.1 Å². The predicted molar refractivity (Wildman–Crippen MR) is 91.6 cm³/mol. The summed E-state index contributed by atoms with van der Waals surface area (Å²) in [6.07, 6.45) is 0. The summed E-state index contributed by atoms with van der Waals surface area (Å²) >= 11 is 0. The largest absolute Gasteiger partial charge is 1.00 e. The van der Waals surface area contributed by atoms with Gasteiger partial charge in [-0.25, -0.2) is 0 Å². The van der Waals surface area contributed by atoms with Gasteiger partial charge in [0.25, 0.3) is 0 Å². The van der Waals surface area contributed by atoms with Crippen LogP contribution >= 0.6 is 0 Å². The molecule has 1 aromatic carbocycles. The van der Waals surface area contributed by atoms with E-state index in [1.807, 2.05) is 4.90 Å². The Bertz CT molecular complexity index is 719. The molecule has 0 saturated carbocycles. The standard InChI is InChI=1S/C18H25N3O.ClH/c1-5-19(6-2)10-11-20-16-9-7-8-15-13(3)14(4)21(18(15)16)12-17(20)22;/h7-9H,5-6,10-12H2,1-4H3;1H/p-1. The molecule has 1 amide bonds. The van der Waals surface area contributed by atoms with E-state index >= 15 is 0 Å². The molecule has 0 aliphatic carbocycles. The van der Waals surface area contributed by atoms with E-state index in [9.17, 15) is 4.79 Å².